The fraction of sp³-hybridized carbons (Fsp3) is 0.462. The molecule has 0 aliphatic carbocycles. The molecule has 2 aromatic heterocycles. The number of terminal acetylenes is 1. The molecule has 11 nitrogen and oxygen atoms in total. The summed E-state index contributed by atoms with van der Waals surface area (Å²) in [4.78, 5) is 28.9. The second kappa shape index (κ2) is 5.88. The molecule has 0 unspecified atom stereocenters. The van der Waals surface area contributed by atoms with Gasteiger partial charge in [-0.2, -0.15) is 9.66 Å². The monoisotopic (exact) mass is 354 g/mol. The number of hydrogen-bond donors (Lipinski definition) is 4. The van der Waals surface area contributed by atoms with E-state index < -0.39 is 48.4 Å². The highest BCUT2D eigenvalue weighted by Crippen LogP contribution is 2.32. The van der Waals surface area contributed by atoms with Gasteiger partial charge in [-0.25, -0.2) is 13.8 Å². The first-order valence-electron chi connectivity index (χ1n) is 7.13. The number of rotatable bonds is 3. The van der Waals surface area contributed by atoms with Crippen molar-refractivity contribution in [3.8, 4) is 12.3 Å². The number of aromatic nitrogens is 4. The minimum atomic E-state index is -1.94. The van der Waals surface area contributed by atoms with E-state index in [2.05, 4.69) is 10.9 Å². The average Bonchev–Trinajstić information content (AvgIpc) is 3.01. The number of nitrogens with zero attached hydrogens (tertiary/aromatic N) is 4. The summed E-state index contributed by atoms with van der Waals surface area (Å²) in [6, 6.07) is 0. The van der Waals surface area contributed by atoms with Crippen LogP contribution in [-0.2, 0) is 11.3 Å². The minimum Gasteiger partial charge on any atom is -0.394 e. The van der Waals surface area contributed by atoms with E-state index in [4.69, 9.17) is 27.8 Å². The van der Waals surface area contributed by atoms with Gasteiger partial charge in [0.05, 0.1) is 13.2 Å². The zero-order valence-corrected chi connectivity index (χ0v) is 12.7. The molecule has 1 saturated heterocycles. The van der Waals surface area contributed by atoms with Gasteiger partial charge in [0.1, 0.15) is 12.2 Å². The van der Waals surface area contributed by atoms with Crippen molar-refractivity contribution in [1.82, 2.24) is 18.8 Å². The summed E-state index contributed by atoms with van der Waals surface area (Å²) in [6.45, 7) is -1.01. The molecular formula is C13H15FN6O5. The van der Waals surface area contributed by atoms with Crippen molar-refractivity contribution in [2.24, 2.45) is 0 Å². The number of halogens is 1. The normalized spacial score (nSPS) is 26.2. The van der Waals surface area contributed by atoms with Crippen LogP contribution in [0.1, 0.15) is 6.23 Å². The van der Waals surface area contributed by atoms with Gasteiger partial charge >= 0.3 is 5.69 Å². The first-order chi connectivity index (χ1) is 11.8. The third-order valence-electron chi connectivity index (χ3n) is 4.01. The van der Waals surface area contributed by atoms with Gasteiger partial charge in [-0.3, -0.25) is 9.36 Å². The fourth-order valence-electron chi connectivity index (χ4n) is 2.79. The number of hydrogen-bond acceptors (Lipinski definition) is 8. The molecule has 3 rings (SSSR count). The van der Waals surface area contributed by atoms with E-state index in [1.165, 1.54) is 0 Å². The Morgan fingerprint density at radius 1 is 1.44 bits per heavy atom. The second-order valence-electron chi connectivity index (χ2n) is 5.44. The zero-order valence-electron chi connectivity index (χ0n) is 12.7. The highest BCUT2D eigenvalue weighted by Gasteiger charge is 2.46. The van der Waals surface area contributed by atoms with E-state index in [0.717, 1.165) is 9.13 Å². The Balaban J connectivity index is 2.34. The Morgan fingerprint density at radius 2 is 2.12 bits per heavy atom. The number of alkyl halides is 1. The van der Waals surface area contributed by atoms with Crippen LogP contribution in [0.2, 0.25) is 0 Å². The van der Waals surface area contributed by atoms with E-state index in [0.29, 0.717) is 4.68 Å². The van der Waals surface area contributed by atoms with Gasteiger partial charge in [0.15, 0.2) is 23.6 Å². The van der Waals surface area contributed by atoms with Crippen molar-refractivity contribution < 1.29 is 19.3 Å². The largest absolute Gasteiger partial charge is 0.394 e. The molecule has 0 spiro atoms. The van der Waals surface area contributed by atoms with Crippen LogP contribution in [0.5, 0.6) is 0 Å². The van der Waals surface area contributed by atoms with Crippen molar-refractivity contribution in [2.45, 2.75) is 31.2 Å². The van der Waals surface area contributed by atoms with Gasteiger partial charge in [-0.15, -0.1) is 6.42 Å². The Bertz CT molecular complexity index is 988. The molecule has 25 heavy (non-hydrogen) atoms. The van der Waals surface area contributed by atoms with Crippen molar-refractivity contribution in [2.75, 3.05) is 18.2 Å². The average molecular weight is 354 g/mol. The molecule has 1 aliphatic heterocycles. The van der Waals surface area contributed by atoms with Gasteiger partial charge in [0.2, 0.25) is 5.95 Å². The topological polar surface area (TPSA) is 164 Å². The predicted molar refractivity (Wildman–Crippen MR) is 83.5 cm³/mol. The van der Waals surface area contributed by atoms with Crippen molar-refractivity contribution >= 4 is 17.1 Å². The van der Waals surface area contributed by atoms with Crippen LogP contribution in [0, 0.1) is 12.3 Å². The summed E-state index contributed by atoms with van der Waals surface area (Å²) in [7, 11) is 0. The molecule has 1 fully saturated rings. The van der Waals surface area contributed by atoms with Gasteiger partial charge in [0, 0.05) is 0 Å². The Labute approximate surface area is 138 Å². The van der Waals surface area contributed by atoms with Crippen LogP contribution in [0.15, 0.2) is 9.59 Å². The standard InChI is InChI=1S/C13H15FN6O5/c1-2-3-18-7-9(17-12(15)20(16)10(7)23)19(13(18)24)11-8(22)6(14)5(4-21)25-11/h1,5-6,8,11,21-22H,3-4,16H2,(H2,15,17)/t5-,6+,8-,11-/m1/s1. The quantitative estimate of drug-likeness (QED) is 0.332. The SMILES string of the molecule is C#CCn1c(=O)n([C@@H]2O[C@H](CO)[C@H](F)[C@H]2O)c2nc(N)n(N)c(=O)c21. The summed E-state index contributed by atoms with van der Waals surface area (Å²) in [5.41, 5.74) is 3.30. The Hall–Kier alpha value is -2.88. The van der Waals surface area contributed by atoms with Gasteiger partial charge < -0.3 is 26.5 Å². The molecule has 12 heteroatoms. The third kappa shape index (κ3) is 2.29. The molecular weight excluding hydrogens is 339 g/mol. The highest BCUT2D eigenvalue weighted by atomic mass is 19.1. The van der Waals surface area contributed by atoms with Crippen molar-refractivity contribution in [3.05, 3.63) is 20.8 Å². The number of aliphatic hydroxyl groups is 2. The summed E-state index contributed by atoms with van der Waals surface area (Å²) < 4.78 is 21.4. The molecule has 4 atom stereocenters. The summed E-state index contributed by atoms with van der Waals surface area (Å²) >= 11 is 0. The molecule has 1 aliphatic rings. The van der Waals surface area contributed by atoms with E-state index in [1.54, 1.807) is 0 Å². The van der Waals surface area contributed by atoms with Gasteiger partial charge in [0.25, 0.3) is 5.56 Å². The molecule has 0 bridgehead atoms. The molecule has 6 N–H and O–H groups in total. The third-order valence-corrected chi connectivity index (χ3v) is 4.01. The van der Waals surface area contributed by atoms with Gasteiger partial charge in [-0.05, 0) is 0 Å². The lowest BCUT2D eigenvalue weighted by atomic mass is 10.1. The molecule has 3 heterocycles. The number of ether oxygens (including phenoxy) is 1. The predicted octanol–water partition coefficient (Wildman–Crippen LogP) is -3.12. The first-order valence-corrected chi connectivity index (χ1v) is 7.13. The van der Waals surface area contributed by atoms with Crippen molar-refractivity contribution in [1.29, 1.82) is 0 Å². The molecule has 0 saturated carbocycles. The van der Waals surface area contributed by atoms with Crippen molar-refractivity contribution in [3.63, 3.8) is 0 Å². The van der Waals surface area contributed by atoms with Crippen LogP contribution in [0.4, 0.5) is 10.3 Å². The van der Waals surface area contributed by atoms with E-state index in [-0.39, 0.29) is 17.7 Å². The molecule has 0 amide bonds. The fourth-order valence-corrected chi connectivity index (χ4v) is 2.79. The highest BCUT2D eigenvalue weighted by molar-refractivity contribution is 5.72. The number of nitrogens with two attached hydrogens (primary N) is 2. The van der Waals surface area contributed by atoms with Crippen LogP contribution < -0.4 is 22.8 Å². The lowest BCUT2D eigenvalue weighted by Gasteiger charge is -2.15. The number of aliphatic hydroxyl groups excluding tert-OH is 2. The van der Waals surface area contributed by atoms with Crippen LogP contribution >= 0.6 is 0 Å². The summed E-state index contributed by atoms with van der Waals surface area (Å²) in [6.07, 6.45) is -1.37. The Morgan fingerprint density at radius 3 is 2.68 bits per heavy atom. The van der Waals surface area contributed by atoms with E-state index in [9.17, 15) is 19.1 Å². The maximum atomic E-state index is 14.0. The number of nitrogen functional groups attached to an aromatic ring is 2. The van der Waals surface area contributed by atoms with E-state index >= 15 is 0 Å². The maximum absolute atomic E-state index is 14.0. The second-order valence-corrected chi connectivity index (χ2v) is 5.44. The lowest BCUT2D eigenvalue weighted by molar-refractivity contribution is -0.0513. The minimum absolute atomic E-state index is 0.265. The molecule has 0 radical (unpaired) electrons. The van der Waals surface area contributed by atoms with Crippen LogP contribution in [0.25, 0.3) is 11.2 Å². The van der Waals surface area contributed by atoms with Crippen LogP contribution in [0.3, 0.4) is 0 Å². The number of anilines is 1. The summed E-state index contributed by atoms with van der Waals surface area (Å²) in [5.74, 6) is 7.28. The number of fused-ring (bicyclic) bond motifs is 1. The smallest absolute Gasteiger partial charge is 0.333 e. The first kappa shape index (κ1) is 17.0. The zero-order chi connectivity index (χ0) is 18.5. The van der Waals surface area contributed by atoms with E-state index in [1.807, 2.05) is 0 Å². The van der Waals surface area contributed by atoms with Crippen LogP contribution in [-0.4, -0.2) is 54.0 Å². The molecule has 0 aromatic carbocycles. The summed E-state index contributed by atoms with van der Waals surface area (Å²) in [5, 5.41) is 19.2. The van der Waals surface area contributed by atoms with Gasteiger partial charge in [-0.1, -0.05) is 5.92 Å². The molecule has 2 aromatic rings. The maximum Gasteiger partial charge on any atom is 0.333 e. The lowest BCUT2D eigenvalue weighted by Crippen LogP contribution is -2.34. The number of imidazole rings is 1. The Kier molecular flexibility index (Phi) is 3.99. The molecule has 134 valence electrons.